The maximum absolute atomic E-state index is 12.4. The van der Waals surface area contributed by atoms with Crippen molar-refractivity contribution < 1.29 is 19.4 Å². The number of carbonyl (C=O) groups is 1. The fourth-order valence-corrected chi connectivity index (χ4v) is 6.93. The van der Waals surface area contributed by atoms with Gasteiger partial charge >= 0.3 is 6.09 Å². The molecule has 1 aliphatic heterocycles. The fraction of sp³-hybridized carbons (Fsp3) is 0.538. The second-order valence-electron chi connectivity index (χ2n) is 10.8. The molecule has 0 radical (unpaired) electrons. The van der Waals surface area contributed by atoms with Gasteiger partial charge in [0, 0.05) is 27.5 Å². The van der Waals surface area contributed by atoms with Crippen LogP contribution in [-0.2, 0) is 6.54 Å². The Hall–Kier alpha value is -2.73. The molecule has 3 aromatic rings. The normalized spacial score (nSPS) is 16.6. The lowest BCUT2D eigenvalue weighted by atomic mass is 9.80. The number of amides is 1. The van der Waals surface area contributed by atoms with Gasteiger partial charge in [-0.3, -0.25) is 5.41 Å². The minimum Gasteiger partial charge on any atom is -0.465 e. The molecule has 1 amide bonds. The molecular weight excluding hydrogens is 572 g/mol. The smallest absolute Gasteiger partial charge is 0.407 e. The third-order valence-electron chi connectivity index (χ3n) is 7.25. The number of halogens is 1. The molecule has 1 unspecified atom stereocenters. The van der Waals surface area contributed by atoms with E-state index < -0.39 is 11.6 Å². The highest BCUT2D eigenvalue weighted by Gasteiger charge is 2.38. The van der Waals surface area contributed by atoms with E-state index in [4.69, 9.17) is 19.9 Å². The molecule has 10 nitrogen and oxygen atoms in total. The number of aromatic nitrogens is 4. The van der Waals surface area contributed by atoms with Gasteiger partial charge in [-0.25, -0.2) is 14.8 Å². The predicted octanol–water partition coefficient (Wildman–Crippen LogP) is 6.00. The molecule has 1 atom stereocenters. The van der Waals surface area contributed by atoms with Gasteiger partial charge in [0.05, 0.1) is 6.33 Å². The average molecular weight is 606 g/mol. The van der Waals surface area contributed by atoms with E-state index in [0.717, 1.165) is 35.1 Å². The molecule has 0 saturated heterocycles. The highest BCUT2D eigenvalue weighted by Crippen LogP contribution is 2.42. The van der Waals surface area contributed by atoms with Crippen molar-refractivity contribution in [3.63, 3.8) is 0 Å². The number of carboxylic acid groups (broad SMARTS) is 1. The molecule has 38 heavy (non-hydrogen) atoms. The number of benzene rings is 1. The van der Waals surface area contributed by atoms with Gasteiger partial charge in [0.25, 0.3) is 0 Å². The van der Waals surface area contributed by atoms with Crippen LogP contribution in [0, 0.1) is 11.3 Å². The molecule has 2 aliphatic rings. The van der Waals surface area contributed by atoms with Crippen molar-refractivity contribution in [3.05, 3.63) is 28.4 Å². The Kier molecular flexibility index (Phi) is 7.63. The van der Waals surface area contributed by atoms with Crippen molar-refractivity contribution in [3.8, 4) is 11.5 Å². The molecular formula is C26H33BrN6O4S. The maximum atomic E-state index is 12.4. The van der Waals surface area contributed by atoms with E-state index in [1.54, 1.807) is 11.2 Å². The van der Waals surface area contributed by atoms with Crippen LogP contribution in [0.1, 0.15) is 59.3 Å². The highest BCUT2D eigenvalue weighted by molar-refractivity contribution is 9.10. The Labute approximate surface area is 233 Å². The van der Waals surface area contributed by atoms with Gasteiger partial charge in [-0.2, -0.15) is 0 Å². The van der Waals surface area contributed by atoms with Gasteiger partial charge in [-0.05, 0) is 74.0 Å². The third-order valence-corrected chi connectivity index (χ3v) is 9.11. The zero-order valence-corrected chi connectivity index (χ0v) is 24.2. The summed E-state index contributed by atoms with van der Waals surface area (Å²) in [7, 11) is 0. The van der Waals surface area contributed by atoms with Crippen molar-refractivity contribution >= 4 is 44.9 Å². The molecule has 3 heterocycles. The van der Waals surface area contributed by atoms with E-state index in [2.05, 4.69) is 25.9 Å². The van der Waals surface area contributed by atoms with Gasteiger partial charge in [0.15, 0.2) is 27.8 Å². The van der Waals surface area contributed by atoms with Crippen molar-refractivity contribution in [1.29, 1.82) is 5.41 Å². The summed E-state index contributed by atoms with van der Waals surface area (Å²) in [6, 6.07) is 3.67. The van der Waals surface area contributed by atoms with Crippen LogP contribution in [0.5, 0.6) is 11.5 Å². The van der Waals surface area contributed by atoms with E-state index in [1.807, 2.05) is 37.5 Å². The zero-order valence-electron chi connectivity index (χ0n) is 21.8. The summed E-state index contributed by atoms with van der Waals surface area (Å²) in [6.07, 6.45) is 6.98. The number of H-pyrrole nitrogens is 1. The number of ether oxygens (including phenoxy) is 2. The van der Waals surface area contributed by atoms with Gasteiger partial charge < -0.3 is 29.0 Å². The summed E-state index contributed by atoms with van der Waals surface area (Å²) < 4.78 is 13.7. The van der Waals surface area contributed by atoms with Crippen LogP contribution in [-0.4, -0.2) is 54.0 Å². The Balaban J connectivity index is 1.43. The molecule has 0 spiro atoms. The van der Waals surface area contributed by atoms with E-state index in [1.165, 1.54) is 18.2 Å². The Morgan fingerprint density at radius 3 is 2.68 bits per heavy atom. The SMILES string of the molecule is CC(C)(C)N(C(=O)O)C(CCn1cnc(=N)c2[nH]c(Sc3cc4c(cc3Br)OCO4)nc21)C1CCCCC1. The van der Waals surface area contributed by atoms with Crippen molar-refractivity contribution in [2.24, 2.45) is 5.92 Å². The van der Waals surface area contributed by atoms with E-state index in [9.17, 15) is 9.90 Å². The third kappa shape index (κ3) is 5.51. The quantitative estimate of drug-likeness (QED) is 0.301. The second-order valence-corrected chi connectivity index (χ2v) is 12.7. The molecule has 1 aliphatic carbocycles. The first-order valence-corrected chi connectivity index (χ1v) is 14.5. The van der Waals surface area contributed by atoms with Crippen LogP contribution in [0.4, 0.5) is 4.79 Å². The predicted molar refractivity (Wildman–Crippen MR) is 147 cm³/mol. The largest absolute Gasteiger partial charge is 0.465 e. The van der Waals surface area contributed by atoms with Gasteiger partial charge in [0.2, 0.25) is 6.79 Å². The number of aryl methyl sites for hydroxylation is 1. The molecule has 1 fully saturated rings. The summed E-state index contributed by atoms with van der Waals surface area (Å²) in [6.45, 7) is 6.64. The second kappa shape index (κ2) is 10.8. The first-order chi connectivity index (χ1) is 18.1. The summed E-state index contributed by atoms with van der Waals surface area (Å²) in [5, 5.41) is 19.1. The molecule has 1 aromatic carbocycles. The molecule has 1 saturated carbocycles. The summed E-state index contributed by atoms with van der Waals surface area (Å²) in [5.74, 6) is 1.70. The lowest BCUT2D eigenvalue weighted by molar-refractivity contribution is 0.0346. The number of aromatic amines is 1. The van der Waals surface area contributed by atoms with E-state index in [-0.39, 0.29) is 18.3 Å². The van der Waals surface area contributed by atoms with Crippen LogP contribution >= 0.6 is 27.7 Å². The molecule has 204 valence electrons. The number of fused-ring (bicyclic) bond motifs is 2. The monoisotopic (exact) mass is 604 g/mol. The van der Waals surface area contributed by atoms with Gasteiger partial charge in [-0.1, -0.05) is 31.0 Å². The van der Waals surface area contributed by atoms with Crippen LogP contribution in [0.3, 0.4) is 0 Å². The van der Waals surface area contributed by atoms with Crippen molar-refractivity contribution in [2.45, 2.75) is 87.5 Å². The van der Waals surface area contributed by atoms with E-state index in [0.29, 0.717) is 46.7 Å². The summed E-state index contributed by atoms with van der Waals surface area (Å²) in [4.78, 5) is 27.3. The zero-order chi connectivity index (χ0) is 27.0. The number of nitrogens with one attached hydrogen (secondary N) is 2. The number of rotatable bonds is 7. The molecule has 12 heteroatoms. The number of nitrogens with zero attached hydrogens (tertiary/aromatic N) is 4. The molecule has 0 bridgehead atoms. The Morgan fingerprint density at radius 2 is 2.00 bits per heavy atom. The molecule has 5 rings (SSSR count). The standard InChI is InChI=1S/C26H33BrN6O4S/c1-26(2,3)33(25(34)35)17(15-7-5-4-6-8-15)9-10-32-13-29-22(28)21-23(32)31-24(30-21)38-20-12-19-18(11-16(20)27)36-14-37-19/h11-13,15,17,28H,4-10,14H2,1-3H3,(H,30,31)(H,34,35). The van der Waals surface area contributed by atoms with Crippen LogP contribution in [0.2, 0.25) is 0 Å². The average Bonchev–Trinajstić information content (AvgIpc) is 3.49. The van der Waals surface area contributed by atoms with Crippen LogP contribution in [0.15, 0.2) is 33.0 Å². The number of hydrogen-bond acceptors (Lipinski definition) is 7. The number of imidazole rings is 1. The first-order valence-electron chi connectivity index (χ1n) is 12.9. The lowest BCUT2D eigenvalue weighted by Gasteiger charge is -2.44. The van der Waals surface area contributed by atoms with E-state index >= 15 is 0 Å². The minimum atomic E-state index is -0.879. The van der Waals surface area contributed by atoms with Gasteiger partial charge in [-0.15, -0.1) is 0 Å². The first kappa shape index (κ1) is 26.9. The number of hydrogen-bond donors (Lipinski definition) is 3. The summed E-state index contributed by atoms with van der Waals surface area (Å²) >= 11 is 5.02. The lowest BCUT2D eigenvalue weighted by Crippen LogP contribution is -2.54. The maximum Gasteiger partial charge on any atom is 0.407 e. The highest BCUT2D eigenvalue weighted by atomic mass is 79.9. The van der Waals surface area contributed by atoms with Crippen LogP contribution in [0.25, 0.3) is 11.2 Å². The minimum absolute atomic E-state index is 0.108. The van der Waals surface area contributed by atoms with Crippen molar-refractivity contribution in [1.82, 2.24) is 24.4 Å². The summed E-state index contributed by atoms with van der Waals surface area (Å²) in [5.41, 5.74) is 0.785. The van der Waals surface area contributed by atoms with Gasteiger partial charge in [0.1, 0.15) is 5.52 Å². The molecule has 2 aromatic heterocycles. The molecule has 3 N–H and O–H groups in total. The fourth-order valence-electron chi connectivity index (χ4n) is 5.55. The topological polar surface area (TPSA) is 129 Å². The van der Waals surface area contributed by atoms with Crippen molar-refractivity contribution in [2.75, 3.05) is 6.79 Å². The van der Waals surface area contributed by atoms with Crippen LogP contribution < -0.4 is 15.0 Å². The Bertz CT molecular complexity index is 1390. The Morgan fingerprint density at radius 1 is 1.29 bits per heavy atom.